The molecular weight excluding hydrogens is 361 g/mol. The van der Waals surface area contributed by atoms with Crippen LogP contribution in [-0.4, -0.2) is 47.0 Å². The first-order chi connectivity index (χ1) is 11.9. The number of carbonyl (C=O) groups excluding carboxylic acids is 1. The van der Waals surface area contributed by atoms with Crippen molar-refractivity contribution in [1.29, 1.82) is 0 Å². The van der Waals surface area contributed by atoms with Crippen LogP contribution >= 0.6 is 23.2 Å². The van der Waals surface area contributed by atoms with Gasteiger partial charge in [-0.3, -0.25) is 4.79 Å². The van der Waals surface area contributed by atoms with Gasteiger partial charge in [0.2, 0.25) is 5.91 Å². The maximum absolute atomic E-state index is 11.5. The van der Waals surface area contributed by atoms with Crippen molar-refractivity contribution in [2.45, 2.75) is 13.8 Å². The number of rotatable bonds is 3. The number of carbonyl (C=O) groups is 1. The van der Waals surface area contributed by atoms with E-state index in [-0.39, 0.29) is 5.91 Å². The molecule has 1 aromatic carbocycles. The van der Waals surface area contributed by atoms with Crippen LogP contribution in [0.2, 0.25) is 10.0 Å². The third kappa shape index (κ3) is 4.32. The molecular formula is C17H19Cl2N5O. The Morgan fingerprint density at radius 3 is 2.44 bits per heavy atom. The summed E-state index contributed by atoms with van der Waals surface area (Å²) in [7, 11) is 0. The maximum Gasteiger partial charge on any atom is 0.219 e. The number of halogens is 2. The molecule has 0 saturated carbocycles. The summed E-state index contributed by atoms with van der Waals surface area (Å²) in [6, 6.07) is 7.24. The van der Waals surface area contributed by atoms with Crippen molar-refractivity contribution >= 4 is 46.4 Å². The molecule has 3 rings (SSSR count). The van der Waals surface area contributed by atoms with Gasteiger partial charge in [-0.15, -0.1) is 0 Å². The lowest BCUT2D eigenvalue weighted by Gasteiger charge is -2.35. The number of piperazine rings is 1. The average Bonchev–Trinajstić information content (AvgIpc) is 2.58. The van der Waals surface area contributed by atoms with Crippen LogP contribution in [0.25, 0.3) is 0 Å². The highest BCUT2D eigenvalue weighted by Gasteiger charge is 2.20. The van der Waals surface area contributed by atoms with Gasteiger partial charge in [0.15, 0.2) is 0 Å². The molecule has 0 spiro atoms. The third-order valence-electron chi connectivity index (χ3n) is 4.07. The molecule has 1 N–H and O–H groups in total. The Morgan fingerprint density at radius 1 is 1.08 bits per heavy atom. The summed E-state index contributed by atoms with van der Waals surface area (Å²) in [5.74, 6) is 2.32. The molecule has 1 aliphatic rings. The molecule has 25 heavy (non-hydrogen) atoms. The van der Waals surface area contributed by atoms with E-state index >= 15 is 0 Å². The normalized spacial score (nSPS) is 14.6. The van der Waals surface area contributed by atoms with E-state index in [1.54, 1.807) is 19.1 Å². The van der Waals surface area contributed by atoms with Crippen LogP contribution in [0.3, 0.4) is 0 Å². The summed E-state index contributed by atoms with van der Waals surface area (Å²) >= 11 is 12.0. The maximum atomic E-state index is 11.5. The van der Waals surface area contributed by atoms with Crippen molar-refractivity contribution in [1.82, 2.24) is 14.9 Å². The first-order valence-corrected chi connectivity index (χ1v) is 8.76. The zero-order valence-corrected chi connectivity index (χ0v) is 15.6. The zero-order valence-electron chi connectivity index (χ0n) is 14.1. The van der Waals surface area contributed by atoms with Crippen LogP contribution in [0.4, 0.5) is 17.3 Å². The summed E-state index contributed by atoms with van der Waals surface area (Å²) in [5, 5.41) is 4.23. The van der Waals surface area contributed by atoms with Crippen molar-refractivity contribution in [3.63, 3.8) is 0 Å². The molecule has 1 fully saturated rings. The van der Waals surface area contributed by atoms with Gasteiger partial charge in [-0.1, -0.05) is 23.2 Å². The number of anilines is 3. The number of hydrogen-bond acceptors (Lipinski definition) is 5. The Hall–Kier alpha value is -2.05. The molecule has 0 aliphatic carbocycles. The number of aromatic nitrogens is 2. The van der Waals surface area contributed by atoms with Gasteiger partial charge >= 0.3 is 0 Å². The molecule has 2 aromatic rings. The van der Waals surface area contributed by atoms with Gasteiger partial charge in [0.1, 0.15) is 17.5 Å². The molecule has 0 atom stereocenters. The summed E-state index contributed by atoms with van der Waals surface area (Å²) < 4.78 is 0. The zero-order chi connectivity index (χ0) is 18.0. The van der Waals surface area contributed by atoms with Gasteiger partial charge in [-0.05, 0) is 25.1 Å². The first-order valence-electron chi connectivity index (χ1n) is 8.00. The Bertz CT molecular complexity index is 791. The lowest BCUT2D eigenvalue weighted by molar-refractivity contribution is -0.129. The Labute approximate surface area is 156 Å². The highest BCUT2D eigenvalue weighted by atomic mass is 35.5. The third-order valence-corrected chi connectivity index (χ3v) is 4.80. The fourth-order valence-corrected chi connectivity index (χ4v) is 3.05. The SMILES string of the molecule is CC(=O)N1CCN(c2cc(Nc3ccc(Cl)c(Cl)c3)nc(C)n2)CC1. The summed E-state index contributed by atoms with van der Waals surface area (Å²) in [6.07, 6.45) is 0. The number of nitrogens with one attached hydrogen (secondary N) is 1. The average molecular weight is 380 g/mol. The Balaban J connectivity index is 1.76. The van der Waals surface area contributed by atoms with E-state index in [1.165, 1.54) is 0 Å². The topological polar surface area (TPSA) is 61.4 Å². The predicted molar refractivity (Wildman–Crippen MR) is 101 cm³/mol. The molecule has 1 saturated heterocycles. The molecule has 1 amide bonds. The second-order valence-corrected chi connectivity index (χ2v) is 6.72. The van der Waals surface area contributed by atoms with Gasteiger partial charge < -0.3 is 15.1 Å². The Morgan fingerprint density at radius 2 is 1.80 bits per heavy atom. The van der Waals surface area contributed by atoms with E-state index in [9.17, 15) is 4.79 Å². The Kier molecular flexibility index (Phi) is 5.30. The molecule has 132 valence electrons. The van der Waals surface area contributed by atoms with E-state index in [2.05, 4.69) is 20.2 Å². The summed E-state index contributed by atoms with van der Waals surface area (Å²) in [6.45, 7) is 6.37. The fraction of sp³-hybridized carbons (Fsp3) is 0.353. The van der Waals surface area contributed by atoms with E-state index < -0.39 is 0 Å². The number of hydrogen-bond donors (Lipinski definition) is 1. The van der Waals surface area contributed by atoms with E-state index in [4.69, 9.17) is 23.2 Å². The van der Waals surface area contributed by atoms with E-state index in [1.807, 2.05) is 24.0 Å². The lowest BCUT2D eigenvalue weighted by atomic mass is 10.3. The van der Waals surface area contributed by atoms with Gasteiger partial charge in [0.25, 0.3) is 0 Å². The first kappa shape index (κ1) is 17.8. The van der Waals surface area contributed by atoms with Crippen molar-refractivity contribution in [3.8, 4) is 0 Å². The highest BCUT2D eigenvalue weighted by Crippen LogP contribution is 2.27. The van der Waals surface area contributed by atoms with Crippen molar-refractivity contribution in [2.75, 3.05) is 36.4 Å². The minimum absolute atomic E-state index is 0.112. The second-order valence-electron chi connectivity index (χ2n) is 5.91. The molecule has 2 heterocycles. The smallest absolute Gasteiger partial charge is 0.219 e. The molecule has 0 radical (unpaired) electrons. The monoisotopic (exact) mass is 379 g/mol. The molecule has 0 bridgehead atoms. The quantitative estimate of drug-likeness (QED) is 0.883. The highest BCUT2D eigenvalue weighted by molar-refractivity contribution is 6.42. The number of amides is 1. The van der Waals surface area contributed by atoms with Crippen LogP contribution in [0.15, 0.2) is 24.3 Å². The van der Waals surface area contributed by atoms with Crippen LogP contribution in [0, 0.1) is 6.92 Å². The lowest BCUT2D eigenvalue weighted by Crippen LogP contribution is -2.48. The molecule has 0 unspecified atom stereocenters. The fourth-order valence-electron chi connectivity index (χ4n) is 2.75. The van der Waals surface area contributed by atoms with Crippen LogP contribution < -0.4 is 10.2 Å². The minimum atomic E-state index is 0.112. The molecule has 6 nitrogen and oxygen atoms in total. The van der Waals surface area contributed by atoms with Crippen LogP contribution in [0.1, 0.15) is 12.7 Å². The molecule has 1 aliphatic heterocycles. The van der Waals surface area contributed by atoms with E-state index in [0.717, 1.165) is 24.6 Å². The van der Waals surface area contributed by atoms with E-state index in [0.29, 0.717) is 34.8 Å². The number of aryl methyl sites for hydroxylation is 1. The van der Waals surface area contributed by atoms with Gasteiger partial charge in [-0.2, -0.15) is 0 Å². The number of benzene rings is 1. The van der Waals surface area contributed by atoms with Gasteiger partial charge in [0.05, 0.1) is 10.0 Å². The largest absolute Gasteiger partial charge is 0.353 e. The molecule has 8 heteroatoms. The minimum Gasteiger partial charge on any atom is -0.353 e. The van der Waals surface area contributed by atoms with Gasteiger partial charge in [-0.25, -0.2) is 9.97 Å². The molecule has 1 aromatic heterocycles. The van der Waals surface area contributed by atoms with Gasteiger partial charge in [0, 0.05) is 44.9 Å². The number of nitrogens with zero attached hydrogens (tertiary/aromatic N) is 4. The summed E-state index contributed by atoms with van der Waals surface area (Å²) in [4.78, 5) is 24.4. The van der Waals surface area contributed by atoms with Crippen molar-refractivity contribution < 1.29 is 4.79 Å². The van der Waals surface area contributed by atoms with Crippen molar-refractivity contribution in [3.05, 3.63) is 40.1 Å². The van der Waals surface area contributed by atoms with Crippen LogP contribution in [-0.2, 0) is 4.79 Å². The standard InChI is InChI=1S/C17H19Cl2N5O/c1-11-20-16(22-13-3-4-14(18)15(19)9-13)10-17(21-11)24-7-5-23(6-8-24)12(2)25/h3-4,9-10H,5-8H2,1-2H3,(H,20,21,22). The van der Waals surface area contributed by atoms with Crippen LogP contribution in [0.5, 0.6) is 0 Å². The summed E-state index contributed by atoms with van der Waals surface area (Å²) in [5.41, 5.74) is 0.805. The van der Waals surface area contributed by atoms with Crippen molar-refractivity contribution in [2.24, 2.45) is 0 Å². The second kappa shape index (κ2) is 7.45. The predicted octanol–water partition coefficient (Wildman–Crippen LogP) is 3.50.